The van der Waals surface area contributed by atoms with Gasteiger partial charge < -0.3 is 19.9 Å². The fourth-order valence-corrected chi connectivity index (χ4v) is 4.03. The molecule has 1 amide bonds. The molecule has 1 aliphatic rings. The third kappa shape index (κ3) is 4.67. The summed E-state index contributed by atoms with van der Waals surface area (Å²) in [5, 5.41) is 4.88. The summed E-state index contributed by atoms with van der Waals surface area (Å²) in [5.74, 6) is 1.81. The number of likely N-dealkylation sites (N-methyl/N-ethyl adjacent to an activating group) is 1. The Hall–Kier alpha value is -4.04. The minimum absolute atomic E-state index is 0.210. The van der Waals surface area contributed by atoms with Gasteiger partial charge in [0.15, 0.2) is 0 Å². The van der Waals surface area contributed by atoms with Crippen molar-refractivity contribution in [1.29, 1.82) is 0 Å². The van der Waals surface area contributed by atoms with Crippen molar-refractivity contribution in [2.24, 2.45) is 0 Å². The highest BCUT2D eigenvalue weighted by Crippen LogP contribution is 2.27. The first kappa shape index (κ1) is 21.8. The average molecular weight is 455 g/mol. The number of hydrogen-bond acceptors (Lipinski definition) is 7. The van der Waals surface area contributed by atoms with Crippen molar-refractivity contribution in [1.82, 2.24) is 19.9 Å². The van der Waals surface area contributed by atoms with Crippen LogP contribution in [0.2, 0.25) is 0 Å². The zero-order valence-electron chi connectivity index (χ0n) is 19.2. The maximum atomic E-state index is 13.0. The normalized spacial score (nSPS) is 14.2. The Balaban J connectivity index is 1.36. The van der Waals surface area contributed by atoms with Crippen LogP contribution in [0, 0.1) is 0 Å². The number of nitrogens with zero attached hydrogens (tertiary/aromatic N) is 5. The SMILES string of the molecule is COc1cncc(-c2ccc3cnc(NC(=O)c4ccnc(N5CCN(C)CC5)c4)cc3c2)c1. The number of amides is 1. The first-order valence-electron chi connectivity index (χ1n) is 11.2. The van der Waals surface area contributed by atoms with Gasteiger partial charge in [-0.25, -0.2) is 9.97 Å². The van der Waals surface area contributed by atoms with Crippen LogP contribution in [-0.4, -0.2) is 66.1 Å². The molecule has 5 rings (SSSR count). The zero-order valence-corrected chi connectivity index (χ0v) is 19.2. The topological polar surface area (TPSA) is 83.5 Å². The van der Waals surface area contributed by atoms with Gasteiger partial charge in [0, 0.05) is 61.3 Å². The van der Waals surface area contributed by atoms with E-state index in [1.807, 2.05) is 30.3 Å². The highest BCUT2D eigenvalue weighted by Gasteiger charge is 2.17. The largest absolute Gasteiger partial charge is 0.495 e. The predicted octanol–water partition coefficient (Wildman–Crippen LogP) is 3.70. The molecular weight excluding hydrogens is 428 g/mol. The summed E-state index contributed by atoms with van der Waals surface area (Å²) in [6, 6.07) is 13.5. The van der Waals surface area contributed by atoms with E-state index in [2.05, 4.69) is 43.2 Å². The molecule has 172 valence electrons. The van der Waals surface area contributed by atoms with Crippen molar-refractivity contribution in [3.8, 4) is 16.9 Å². The minimum atomic E-state index is -0.210. The molecule has 0 bridgehead atoms. The molecule has 3 aromatic heterocycles. The molecule has 1 N–H and O–H groups in total. The number of aromatic nitrogens is 3. The van der Waals surface area contributed by atoms with Crippen LogP contribution in [0.1, 0.15) is 10.4 Å². The van der Waals surface area contributed by atoms with Gasteiger partial charge in [-0.1, -0.05) is 12.1 Å². The van der Waals surface area contributed by atoms with Crippen molar-refractivity contribution in [3.63, 3.8) is 0 Å². The lowest BCUT2D eigenvalue weighted by atomic mass is 10.0. The fourth-order valence-electron chi connectivity index (χ4n) is 4.03. The van der Waals surface area contributed by atoms with E-state index in [1.54, 1.807) is 38.0 Å². The van der Waals surface area contributed by atoms with Crippen molar-refractivity contribution < 1.29 is 9.53 Å². The average Bonchev–Trinajstić information content (AvgIpc) is 2.89. The maximum Gasteiger partial charge on any atom is 0.257 e. The van der Waals surface area contributed by atoms with Crippen molar-refractivity contribution in [3.05, 3.63) is 72.8 Å². The number of anilines is 2. The van der Waals surface area contributed by atoms with Gasteiger partial charge in [-0.15, -0.1) is 0 Å². The lowest BCUT2D eigenvalue weighted by Gasteiger charge is -2.33. The molecule has 0 aliphatic carbocycles. The van der Waals surface area contributed by atoms with Crippen LogP contribution in [0.15, 0.2) is 67.3 Å². The van der Waals surface area contributed by atoms with Crippen LogP contribution < -0.4 is 15.0 Å². The summed E-state index contributed by atoms with van der Waals surface area (Å²) in [6.07, 6.45) is 6.93. The number of fused-ring (bicyclic) bond motifs is 1. The summed E-state index contributed by atoms with van der Waals surface area (Å²) in [7, 11) is 3.74. The lowest BCUT2D eigenvalue weighted by Crippen LogP contribution is -2.44. The van der Waals surface area contributed by atoms with E-state index in [0.29, 0.717) is 17.1 Å². The van der Waals surface area contributed by atoms with E-state index in [9.17, 15) is 4.79 Å². The Labute approximate surface area is 198 Å². The zero-order chi connectivity index (χ0) is 23.5. The molecule has 8 nitrogen and oxygen atoms in total. The quantitative estimate of drug-likeness (QED) is 0.492. The van der Waals surface area contributed by atoms with Crippen LogP contribution in [0.5, 0.6) is 5.75 Å². The Bertz CT molecular complexity index is 1330. The van der Waals surface area contributed by atoms with Crippen molar-refractivity contribution in [2.45, 2.75) is 0 Å². The highest BCUT2D eigenvalue weighted by molar-refractivity contribution is 6.05. The molecule has 4 aromatic rings. The van der Waals surface area contributed by atoms with Gasteiger partial charge in [0.05, 0.1) is 13.3 Å². The lowest BCUT2D eigenvalue weighted by molar-refractivity contribution is 0.102. The number of methoxy groups -OCH3 is 1. The molecule has 0 spiro atoms. The maximum absolute atomic E-state index is 13.0. The monoisotopic (exact) mass is 454 g/mol. The molecule has 34 heavy (non-hydrogen) atoms. The van der Waals surface area contributed by atoms with E-state index in [-0.39, 0.29) is 5.91 Å². The van der Waals surface area contributed by atoms with Crippen LogP contribution in [-0.2, 0) is 0 Å². The van der Waals surface area contributed by atoms with Crippen LogP contribution in [0.25, 0.3) is 21.9 Å². The van der Waals surface area contributed by atoms with Crippen LogP contribution >= 0.6 is 0 Å². The van der Waals surface area contributed by atoms with Gasteiger partial charge in [-0.05, 0) is 48.3 Å². The van der Waals surface area contributed by atoms with E-state index in [0.717, 1.165) is 53.9 Å². The van der Waals surface area contributed by atoms with Gasteiger partial charge in [-0.2, -0.15) is 0 Å². The number of nitrogens with one attached hydrogen (secondary N) is 1. The standard InChI is InChI=1S/C26H26N6O2/c1-31-7-9-32(10-8-31)25-14-19(5-6-28-25)26(33)30-24-13-21-11-18(3-4-20(21)16-29-24)22-12-23(34-2)17-27-15-22/h3-6,11-17H,7-10H2,1-2H3,(H,29,30,33). The molecule has 0 unspecified atom stereocenters. The molecular formula is C26H26N6O2. The number of rotatable bonds is 5. The number of hydrogen-bond donors (Lipinski definition) is 1. The summed E-state index contributed by atoms with van der Waals surface area (Å²) in [4.78, 5) is 30.6. The number of benzene rings is 1. The first-order valence-corrected chi connectivity index (χ1v) is 11.2. The molecule has 0 saturated carbocycles. The first-order chi connectivity index (χ1) is 16.6. The molecule has 4 heterocycles. The molecule has 8 heteroatoms. The minimum Gasteiger partial charge on any atom is -0.495 e. The predicted molar refractivity (Wildman–Crippen MR) is 133 cm³/mol. The Kier molecular flexibility index (Phi) is 6.05. The molecule has 1 aromatic carbocycles. The molecule has 0 radical (unpaired) electrons. The molecule has 1 fully saturated rings. The van der Waals surface area contributed by atoms with Crippen molar-refractivity contribution >= 4 is 28.3 Å². The van der Waals surface area contributed by atoms with Gasteiger partial charge in [0.2, 0.25) is 0 Å². The summed E-state index contributed by atoms with van der Waals surface area (Å²) < 4.78 is 5.29. The van der Waals surface area contributed by atoms with Gasteiger partial charge in [-0.3, -0.25) is 9.78 Å². The smallest absolute Gasteiger partial charge is 0.257 e. The van der Waals surface area contributed by atoms with E-state index in [4.69, 9.17) is 4.74 Å². The van der Waals surface area contributed by atoms with Crippen LogP contribution in [0.4, 0.5) is 11.6 Å². The third-order valence-corrected chi connectivity index (χ3v) is 6.08. The summed E-state index contributed by atoms with van der Waals surface area (Å²) in [5.41, 5.74) is 2.52. The fraction of sp³-hybridized carbons (Fsp3) is 0.231. The Morgan fingerprint density at radius 1 is 0.912 bits per heavy atom. The number of carbonyl (C=O) groups is 1. The molecule has 1 saturated heterocycles. The van der Waals surface area contributed by atoms with E-state index >= 15 is 0 Å². The third-order valence-electron chi connectivity index (χ3n) is 6.08. The second-order valence-electron chi connectivity index (χ2n) is 8.39. The van der Waals surface area contributed by atoms with Crippen LogP contribution in [0.3, 0.4) is 0 Å². The van der Waals surface area contributed by atoms with Gasteiger partial charge in [0.25, 0.3) is 5.91 Å². The Morgan fingerprint density at radius 3 is 2.59 bits per heavy atom. The summed E-state index contributed by atoms with van der Waals surface area (Å²) in [6.45, 7) is 3.75. The summed E-state index contributed by atoms with van der Waals surface area (Å²) >= 11 is 0. The second kappa shape index (κ2) is 9.44. The number of piperazine rings is 1. The highest BCUT2D eigenvalue weighted by atomic mass is 16.5. The molecule has 1 aliphatic heterocycles. The van der Waals surface area contributed by atoms with E-state index < -0.39 is 0 Å². The number of ether oxygens (including phenoxy) is 1. The number of carbonyl (C=O) groups excluding carboxylic acids is 1. The van der Waals surface area contributed by atoms with Gasteiger partial charge in [0.1, 0.15) is 17.4 Å². The number of pyridine rings is 3. The molecule has 0 atom stereocenters. The second-order valence-corrected chi connectivity index (χ2v) is 8.39. The van der Waals surface area contributed by atoms with E-state index in [1.165, 1.54) is 0 Å². The van der Waals surface area contributed by atoms with Crippen molar-refractivity contribution in [2.75, 3.05) is 50.6 Å². The Morgan fingerprint density at radius 2 is 1.76 bits per heavy atom. The van der Waals surface area contributed by atoms with Gasteiger partial charge >= 0.3 is 0 Å².